The summed E-state index contributed by atoms with van der Waals surface area (Å²) in [5.74, 6) is 1.27. The minimum Gasteiger partial charge on any atom is -0.460 e. The Kier molecular flexibility index (Phi) is 6.69. The quantitative estimate of drug-likeness (QED) is 0.573. The first-order valence-electron chi connectivity index (χ1n) is 7.11. The van der Waals surface area contributed by atoms with E-state index in [-0.39, 0.29) is 18.2 Å². The maximum atomic E-state index is 12.8. The first-order chi connectivity index (χ1) is 11.1. The molecule has 3 aromatic rings. The minimum atomic E-state index is -0.232. The lowest BCUT2D eigenvalue weighted by molar-refractivity contribution is 0.493. The van der Waals surface area contributed by atoms with E-state index in [2.05, 4.69) is 5.32 Å². The second kappa shape index (κ2) is 8.54. The summed E-state index contributed by atoms with van der Waals surface area (Å²) in [5, 5.41) is 4.40. The molecular formula is C18H15Cl3FNO. The Morgan fingerprint density at radius 1 is 0.917 bits per heavy atom. The number of furan rings is 1. The largest absolute Gasteiger partial charge is 0.460 e. The maximum absolute atomic E-state index is 12.8. The molecule has 0 saturated heterocycles. The average Bonchev–Trinajstić information content (AvgIpc) is 2.98. The van der Waals surface area contributed by atoms with E-state index in [4.69, 9.17) is 27.6 Å². The maximum Gasteiger partial charge on any atom is 0.135 e. The number of hydrogen-bond donors (Lipinski definition) is 1. The molecule has 0 radical (unpaired) electrons. The molecule has 0 aliphatic heterocycles. The van der Waals surface area contributed by atoms with Crippen molar-refractivity contribution >= 4 is 35.6 Å². The SMILES string of the molecule is Cl.Fc1ccc(CNCc2ccc(-c3ccc(Cl)cc3Cl)o2)cc1. The van der Waals surface area contributed by atoms with E-state index >= 15 is 0 Å². The van der Waals surface area contributed by atoms with Crippen LogP contribution in [-0.2, 0) is 13.1 Å². The van der Waals surface area contributed by atoms with Crippen molar-refractivity contribution in [3.8, 4) is 11.3 Å². The molecule has 2 aromatic carbocycles. The average molecular weight is 387 g/mol. The summed E-state index contributed by atoms with van der Waals surface area (Å²) in [7, 11) is 0. The molecule has 1 heterocycles. The van der Waals surface area contributed by atoms with E-state index in [1.807, 2.05) is 18.2 Å². The van der Waals surface area contributed by atoms with E-state index < -0.39 is 0 Å². The van der Waals surface area contributed by atoms with Gasteiger partial charge in [0.25, 0.3) is 0 Å². The van der Waals surface area contributed by atoms with Crippen LogP contribution in [0.3, 0.4) is 0 Å². The summed E-state index contributed by atoms with van der Waals surface area (Å²) in [6.45, 7) is 1.21. The van der Waals surface area contributed by atoms with Gasteiger partial charge in [-0.3, -0.25) is 0 Å². The van der Waals surface area contributed by atoms with Gasteiger partial charge in [0.1, 0.15) is 17.3 Å². The van der Waals surface area contributed by atoms with Crippen LogP contribution in [0, 0.1) is 5.82 Å². The molecule has 3 rings (SSSR count). The molecule has 0 saturated carbocycles. The van der Waals surface area contributed by atoms with Gasteiger partial charge >= 0.3 is 0 Å². The third-order valence-corrected chi connectivity index (χ3v) is 3.95. The van der Waals surface area contributed by atoms with E-state index in [1.54, 1.807) is 24.3 Å². The Balaban J connectivity index is 0.00000208. The fourth-order valence-electron chi connectivity index (χ4n) is 2.24. The zero-order chi connectivity index (χ0) is 16.2. The van der Waals surface area contributed by atoms with E-state index in [0.717, 1.165) is 16.9 Å². The van der Waals surface area contributed by atoms with Crippen LogP contribution < -0.4 is 5.32 Å². The van der Waals surface area contributed by atoms with Gasteiger partial charge in [-0.25, -0.2) is 4.39 Å². The summed E-state index contributed by atoms with van der Waals surface area (Å²) in [6, 6.07) is 15.5. The predicted molar refractivity (Wildman–Crippen MR) is 98.4 cm³/mol. The van der Waals surface area contributed by atoms with Crippen LogP contribution >= 0.6 is 35.6 Å². The first-order valence-corrected chi connectivity index (χ1v) is 7.87. The highest BCUT2D eigenvalue weighted by atomic mass is 35.5. The second-order valence-corrected chi connectivity index (χ2v) is 5.96. The highest BCUT2D eigenvalue weighted by Gasteiger charge is 2.09. The Labute approximate surface area is 156 Å². The van der Waals surface area contributed by atoms with Crippen molar-refractivity contribution in [2.24, 2.45) is 0 Å². The summed E-state index contributed by atoms with van der Waals surface area (Å²) in [4.78, 5) is 0. The first kappa shape index (κ1) is 18.8. The molecule has 0 amide bonds. The molecule has 24 heavy (non-hydrogen) atoms. The van der Waals surface area contributed by atoms with Crippen LogP contribution in [0.5, 0.6) is 0 Å². The fraction of sp³-hybridized carbons (Fsp3) is 0.111. The van der Waals surface area contributed by atoms with E-state index in [1.165, 1.54) is 12.1 Å². The Bertz CT molecular complexity index is 802. The smallest absolute Gasteiger partial charge is 0.135 e. The molecule has 6 heteroatoms. The molecule has 1 N–H and O–H groups in total. The van der Waals surface area contributed by atoms with Gasteiger partial charge in [0.15, 0.2) is 0 Å². The van der Waals surface area contributed by atoms with Crippen molar-refractivity contribution in [1.82, 2.24) is 5.32 Å². The van der Waals surface area contributed by atoms with Gasteiger partial charge in [-0.15, -0.1) is 12.4 Å². The number of rotatable bonds is 5. The molecule has 0 aliphatic rings. The summed E-state index contributed by atoms with van der Waals surface area (Å²) in [6.07, 6.45) is 0. The third kappa shape index (κ3) is 4.74. The van der Waals surface area contributed by atoms with Crippen molar-refractivity contribution in [3.05, 3.63) is 81.8 Å². The molecule has 0 spiro atoms. The van der Waals surface area contributed by atoms with Gasteiger partial charge in [-0.1, -0.05) is 35.3 Å². The monoisotopic (exact) mass is 385 g/mol. The van der Waals surface area contributed by atoms with Crippen LogP contribution in [0.1, 0.15) is 11.3 Å². The predicted octanol–water partition coefficient (Wildman–Crippen LogP) is 6.10. The molecule has 0 unspecified atom stereocenters. The van der Waals surface area contributed by atoms with Crippen molar-refractivity contribution < 1.29 is 8.81 Å². The minimum absolute atomic E-state index is 0. The molecule has 0 atom stereocenters. The number of halogens is 4. The number of nitrogens with one attached hydrogen (secondary N) is 1. The van der Waals surface area contributed by atoms with Crippen molar-refractivity contribution in [1.29, 1.82) is 0 Å². The Morgan fingerprint density at radius 2 is 1.67 bits per heavy atom. The molecule has 0 bridgehead atoms. The van der Waals surface area contributed by atoms with Gasteiger partial charge in [0.05, 0.1) is 11.6 Å². The van der Waals surface area contributed by atoms with Crippen LogP contribution in [0.2, 0.25) is 10.0 Å². The highest BCUT2D eigenvalue weighted by molar-refractivity contribution is 6.36. The Hall–Kier alpha value is -1.52. The zero-order valence-corrected chi connectivity index (χ0v) is 14.9. The van der Waals surface area contributed by atoms with Crippen molar-refractivity contribution in [2.75, 3.05) is 0 Å². The standard InChI is InChI=1S/C18H14Cl2FNO.ClH/c19-13-3-7-16(17(20)9-13)18-8-6-15(23-18)11-22-10-12-1-4-14(21)5-2-12;/h1-9,22H,10-11H2;1H. The molecule has 2 nitrogen and oxygen atoms in total. The van der Waals surface area contributed by atoms with Gasteiger partial charge in [-0.05, 0) is 48.0 Å². The molecular weight excluding hydrogens is 372 g/mol. The zero-order valence-electron chi connectivity index (χ0n) is 12.6. The van der Waals surface area contributed by atoms with Gasteiger partial charge < -0.3 is 9.73 Å². The summed E-state index contributed by atoms with van der Waals surface area (Å²) < 4.78 is 18.6. The van der Waals surface area contributed by atoms with E-state index in [0.29, 0.717) is 28.9 Å². The summed E-state index contributed by atoms with van der Waals surface area (Å²) in [5.41, 5.74) is 1.82. The second-order valence-electron chi connectivity index (χ2n) is 5.12. The number of hydrogen-bond acceptors (Lipinski definition) is 2. The van der Waals surface area contributed by atoms with Crippen LogP contribution in [0.15, 0.2) is 59.0 Å². The van der Waals surface area contributed by atoms with Crippen molar-refractivity contribution in [2.45, 2.75) is 13.1 Å². The van der Waals surface area contributed by atoms with Crippen LogP contribution in [0.4, 0.5) is 4.39 Å². The molecule has 0 fully saturated rings. The fourth-order valence-corrected chi connectivity index (χ4v) is 2.74. The summed E-state index contributed by atoms with van der Waals surface area (Å²) >= 11 is 12.1. The highest BCUT2D eigenvalue weighted by Crippen LogP contribution is 2.31. The number of benzene rings is 2. The third-order valence-electron chi connectivity index (χ3n) is 3.40. The van der Waals surface area contributed by atoms with Gasteiger partial charge in [0, 0.05) is 17.1 Å². The topological polar surface area (TPSA) is 25.2 Å². The lowest BCUT2D eigenvalue weighted by Crippen LogP contribution is -2.11. The molecule has 0 aliphatic carbocycles. The van der Waals surface area contributed by atoms with Crippen LogP contribution in [0.25, 0.3) is 11.3 Å². The normalized spacial score (nSPS) is 10.5. The lowest BCUT2D eigenvalue weighted by Gasteiger charge is -2.04. The van der Waals surface area contributed by atoms with Crippen molar-refractivity contribution in [3.63, 3.8) is 0 Å². The molecule has 126 valence electrons. The van der Waals surface area contributed by atoms with Gasteiger partial charge in [-0.2, -0.15) is 0 Å². The van der Waals surface area contributed by atoms with Crippen LogP contribution in [-0.4, -0.2) is 0 Å². The van der Waals surface area contributed by atoms with Gasteiger partial charge in [0.2, 0.25) is 0 Å². The Morgan fingerprint density at radius 3 is 2.38 bits per heavy atom. The molecule has 1 aromatic heterocycles. The van der Waals surface area contributed by atoms with E-state index in [9.17, 15) is 4.39 Å². The lowest BCUT2D eigenvalue weighted by atomic mass is 10.2.